The number of nitrogens with one attached hydrogen (secondary N) is 1. The molecule has 0 aliphatic carbocycles. The van der Waals surface area contributed by atoms with Gasteiger partial charge in [-0.1, -0.05) is 18.0 Å². The van der Waals surface area contributed by atoms with Crippen LogP contribution >= 0.6 is 11.6 Å². The molecule has 0 saturated carbocycles. The van der Waals surface area contributed by atoms with Crippen molar-refractivity contribution in [1.82, 2.24) is 4.90 Å². The van der Waals surface area contributed by atoms with Crippen LogP contribution in [0, 0.1) is 5.82 Å². The van der Waals surface area contributed by atoms with Crippen molar-refractivity contribution in [3.63, 3.8) is 0 Å². The molecule has 2 aliphatic rings. The van der Waals surface area contributed by atoms with Gasteiger partial charge in [-0.3, -0.25) is 0 Å². The van der Waals surface area contributed by atoms with E-state index in [0.717, 1.165) is 12.8 Å². The van der Waals surface area contributed by atoms with Crippen LogP contribution in [0.3, 0.4) is 0 Å². The molecule has 2 atom stereocenters. The topological polar surface area (TPSA) is 41.3 Å². The zero-order valence-corrected chi connectivity index (χ0v) is 12.5. The number of rotatable bonds is 2. The molecule has 5 heteroatoms. The second-order valence-electron chi connectivity index (χ2n) is 6.07. The van der Waals surface area contributed by atoms with E-state index in [1.807, 2.05) is 0 Å². The Balaban J connectivity index is 1.74. The van der Waals surface area contributed by atoms with Crippen molar-refractivity contribution in [3.05, 3.63) is 23.0 Å². The molecule has 3 nitrogen and oxygen atoms in total. The maximum absolute atomic E-state index is 13.6. The fourth-order valence-corrected chi connectivity index (χ4v) is 3.81. The summed E-state index contributed by atoms with van der Waals surface area (Å²) in [6, 6.07) is 4.53. The average molecular weight is 298 g/mol. The van der Waals surface area contributed by atoms with Gasteiger partial charge in [0.15, 0.2) is 0 Å². The fourth-order valence-electron chi connectivity index (χ4n) is 3.64. The number of anilines is 2. The van der Waals surface area contributed by atoms with Crippen molar-refractivity contribution in [1.29, 1.82) is 0 Å². The predicted octanol–water partition coefficient (Wildman–Crippen LogP) is 3.49. The molecule has 2 aliphatic heterocycles. The minimum Gasteiger partial charge on any atom is -0.397 e. The number of benzene rings is 1. The first-order valence-corrected chi connectivity index (χ1v) is 7.65. The molecule has 1 aromatic carbocycles. The van der Waals surface area contributed by atoms with Gasteiger partial charge in [-0.15, -0.1) is 0 Å². The lowest BCUT2D eigenvalue weighted by atomic mass is 9.82. The first-order chi connectivity index (χ1) is 9.54. The summed E-state index contributed by atoms with van der Waals surface area (Å²) >= 11 is 5.74. The van der Waals surface area contributed by atoms with Crippen molar-refractivity contribution in [2.24, 2.45) is 0 Å². The molecule has 3 rings (SSSR count). The highest BCUT2D eigenvalue weighted by molar-refractivity contribution is 6.31. The highest BCUT2D eigenvalue weighted by Gasteiger charge is 2.36. The van der Waals surface area contributed by atoms with E-state index in [1.54, 1.807) is 0 Å². The van der Waals surface area contributed by atoms with Crippen molar-refractivity contribution in [2.45, 2.75) is 50.2 Å². The van der Waals surface area contributed by atoms with E-state index in [1.165, 1.54) is 31.4 Å². The molecule has 0 amide bonds. The standard InChI is InChI=1S/C15H21ClFN3/c1-20-10-3-2-4-11(20)6-9(5-10)19-15-8-13(17)12(16)7-14(15)18/h7-11,19H,2-6,18H2,1H3. The molecule has 0 spiro atoms. The second kappa shape index (κ2) is 5.41. The van der Waals surface area contributed by atoms with E-state index in [-0.39, 0.29) is 5.02 Å². The lowest BCUT2D eigenvalue weighted by Gasteiger charge is -2.47. The molecule has 2 saturated heterocycles. The molecule has 0 aromatic heterocycles. The van der Waals surface area contributed by atoms with Crippen LogP contribution in [0.15, 0.2) is 12.1 Å². The predicted molar refractivity (Wildman–Crippen MR) is 81.7 cm³/mol. The molecule has 2 fully saturated rings. The van der Waals surface area contributed by atoms with Crippen LogP contribution < -0.4 is 11.1 Å². The minimum absolute atomic E-state index is 0.0771. The summed E-state index contributed by atoms with van der Waals surface area (Å²) in [6.07, 6.45) is 6.03. The normalized spacial score (nSPS) is 30.2. The van der Waals surface area contributed by atoms with Crippen molar-refractivity contribution in [2.75, 3.05) is 18.1 Å². The van der Waals surface area contributed by atoms with Crippen molar-refractivity contribution >= 4 is 23.0 Å². The van der Waals surface area contributed by atoms with Crippen LogP contribution in [0.25, 0.3) is 0 Å². The highest BCUT2D eigenvalue weighted by Crippen LogP contribution is 2.35. The average Bonchev–Trinajstić information content (AvgIpc) is 2.37. The number of fused-ring (bicyclic) bond motifs is 2. The van der Waals surface area contributed by atoms with Crippen molar-refractivity contribution in [3.8, 4) is 0 Å². The molecule has 1 aromatic rings. The Labute approximate surface area is 124 Å². The summed E-state index contributed by atoms with van der Waals surface area (Å²) in [5.41, 5.74) is 7.11. The maximum atomic E-state index is 13.6. The molecule has 20 heavy (non-hydrogen) atoms. The van der Waals surface area contributed by atoms with Crippen LogP contribution in [0.5, 0.6) is 0 Å². The van der Waals surface area contributed by atoms with E-state index in [9.17, 15) is 4.39 Å². The molecular weight excluding hydrogens is 277 g/mol. The number of nitrogen functional groups attached to an aromatic ring is 1. The number of hydrogen-bond donors (Lipinski definition) is 2. The largest absolute Gasteiger partial charge is 0.397 e. The Bertz CT molecular complexity index is 494. The molecule has 2 heterocycles. The van der Waals surface area contributed by atoms with Gasteiger partial charge in [0, 0.05) is 24.2 Å². The van der Waals surface area contributed by atoms with Crippen LogP contribution in [0.4, 0.5) is 15.8 Å². The summed E-state index contributed by atoms with van der Waals surface area (Å²) in [5.74, 6) is -0.420. The minimum atomic E-state index is -0.420. The van der Waals surface area contributed by atoms with Gasteiger partial charge in [-0.05, 0) is 38.8 Å². The number of halogens is 2. The van der Waals surface area contributed by atoms with Gasteiger partial charge in [0.2, 0.25) is 0 Å². The van der Waals surface area contributed by atoms with E-state index in [0.29, 0.717) is 29.5 Å². The zero-order chi connectivity index (χ0) is 14.3. The quantitative estimate of drug-likeness (QED) is 0.821. The van der Waals surface area contributed by atoms with Gasteiger partial charge in [0.05, 0.1) is 16.4 Å². The van der Waals surface area contributed by atoms with Gasteiger partial charge in [-0.2, -0.15) is 0 Å². The van der Waals surface area contributed by atoms with Gasteiger partial charge in [0.1, 0.15) is 5.82 Å². The monoisotopic (exact) mass is 297 g/mol. The SMILES string of the molecule is CN1C2CCCC1CC(Nc1cc(F)c(Cl)cc1N)C2. The Morgan fingerprint density at radius 1 is 1.30 bits per heavy atom. The zero-order valence-electron chi connectivity index (χ0n) is 11.7. The smallest absolute Gasteiger partial charge is 0.143 e. The lowest BCUT2D eigenvalue weighted by molar-refractivity contribution is 0.0608. The second-order valence-corrected chi connectivity index (χ2v) is 6.48. The Morgan fingerprint density at radius 3 is 2.60 bits per heavy atom. The first-order valence-electron chi connectivity index (χ1n) is 7.27. The number of nitrogens with two attached hydrogens (primary N) is 1. The molecule has 110 valence electrons. The fraction of sp³-hybridized carbons (Fsp3) is 0.600. The Morgan fingerprint density at radius 2 is 1.95 bits per heavy atom. The van der Waals surface area contributed by atoms with E-state index < -0.39 is 5.82 Å². The molecule has 2 unspecified atom stereocenters. The summed E-state index contributed by atoms with van der Waals surface area (Å²) in [7, 11) is 2.22. The van der Waals surface area contributed by atoms with E-state index in [2.05, 4.69) is 17.3 Å². The van der Waals surface area contributed by atoms with Gasteiger partial charge in [-0.25, -0.2) is 4.39 Å². The van der Waals surface area contributed by atoms with Crippen molar-refractivity contribution < 1.29 is 4.39 Å². The lowest BCUT2D eigenvalue weighted by Crippen LogP contribution is -2.52. The molecule has 0 radical (unpaired) electrons. The number of nitrogens with zero attached hydrogens (tertiary/aromatic N) is 1. The van der Waals surface area contributed by atoms with E-state index in [4.69, 9.17) is 17.3 Å². The molecule has 3 N–H and O–H groups in total. The molecule has 2 bridgehead atoms. The number of hydrogen-bond acceptors (Lipinski definition) is 3. The molecular formula is C15H21ClFN3. The summed E-state index contributed by atoms with van der Waals surface area (Å²) in [6.45, 7) is 0. The summed E-state index contributed by atoms with van der Waals surface area (Å²) in [4.78, 5) is 2.51. The van der Waals surface area contributed by atoms with E-state index >= 15 is 0 Å². The van der Waals surface area contributed by atoms with Crippen LogP contribution in [0.2, 0.25) is 5.02 Å². The number of piperidine rings is 2. The van der Waals surface area contributed by atoms with Gasteiger partial charge in [0.25, 0.3) is 0 Å². The summed E-state index contributed by atoms with van der Waals surface area (Å²) in [5, 5.41) is 3.49. The Kier molecular flexibility index (Phi) is 3.78. The third-order valence-electron chi connectivity index (χ3n) is 4.79. The highest BCUT2D eigenvalue weighted by atomic mass is 35.5. The third-order valence-corrected chi connectivity index (χ3v) is 5.08. The van der Waals surface area contributed by atoms with Crippen LogP contribution in [-0.4, -0.2) is 30.1 Å². The van der Waals surface area contributed by atoms with Crippen LogP contribution in [-0.2, 0) is 0 Å². The van der Waals surface area contributed by atoms with Gasteiger partial charge < -0.3 is 16.0 Å². The van der Waals surface area contributed by atoms with Gasteiger partial charge >= 0.3 is 0 Å². The summed E-state index contributed by atoms with van der Waals surface area (Å²) < 4.78 is 13.6. The third kappa shape index (κ3) is 2.59. The Hall–Kier alpha value is -1.00. The first kappa shape index (κ1) is 14.0. The maximum Gasteiger partial charge on any atom is 0.143 e. The van der Waals surface area contributed by atoms with Crippen LogP contribution in [0.1, 0.15) is 32.1 Å².